The Morgan fingerprint density at radius 2 is 1.65 bits per heavy atom. The second-order valence-electron chi connectivity index (χ2n) is 9.92. The number of carbonyl (C=O) groups excluding carboxylic acids is 3. The van der Waals surface area contributed by atoms with Gasteiger partial charge in [-0.15, -0.1) is 0 Å². The van der Waals surface area contributed by atoms with Gasteiger partial charge in [0.05, 0.1) is 0 Å². The van der Waals surface area contributed by atoms with E-state index in [1.54, 1.807) is 0 Å². The Labute approximate surface area is 158 Å². The highest BCUT2D eigenvalue weighted by Gasteiger charge is 2.51. The SMILES string of the molecule is CC(C)(C)CC(=O)C1(C(=O)N[C@@H](CCCNC(N)=O)C(C)(C)C)CCC1. The van der Waals surface area contributed by atoms with E-state index in [9.17, 15) is 14.4 Å². The summed E-state index contributed by atoms with van der Waals surface area (Å²) in [5.41, 5.74) is 3.98. The van der Waals surface area contributed by atoms with Gasteiger partial charge in [-0.3, -0.25) is 9.59 Å². The number of nitrogens with one attached hydrogen (secondary N) is 2. The molecule has 26 heavy (non-hydrogen) atoms. The van der Waals surface area contributed by atoms with Crippen molar-refractivity contribution in [1.29, 1.82) is 0 Å². The quantitative estimate of drug-likeness (QED) is 0.454. The van der Waals surface area contributed by atoms with Crippen molar-refractivity contribution in [3.63, 3.8) is 0 Å². The lowest BCUT2D eigenvalue weighted by molar-refractivity contribution is -0.150. The molecule has 1 fully saturated rings. The molecule has 0 bridgehead atoms. The Morgan fingerprint density at radius 1 is 1.08 bits per heavy atom. The van der Waals surface area contributed by atoms with Crippen LogP contribution in [0, 0.1) is 16.2 Å². The average Bonchev–Trinajstić information content (AvgIpc) is 2.37. The Morgan fingerprint density at radius 3 is 2.04 bits per heavy atom. The van der Waals surface area contributed by atoms with E-state index in [4.69, 9.17) is 5.73 Å². The van der Waals surface area contributed by atoms with Crippen LogP contribution in [-0.4, -0.2) is 30.3 Å². The van der Waals surface area contributed by atoms with Crippen molar-refractivity contribution in [3.8, 4) is 0 Å². The highest BCUT2D eigenvalue weighted by Crippen LogP contribution is 2.45. The van der Waals surface area contributed by atoms with Gasteiger partial charge in [-0.05, 0) is 36.5 Å². The van der Waals surface area contributed by atoms with Crippen molar-refractivity contribution in [1.82, 2.24) is 10.6 Å². The number of nitrogens with two attached hydrogens (primary N) is 1. The lowest BCUT2D eigenvalue weighted by Crippen LogP contribution is -2.56. The molecule has 0 heterocycles. The molecule has 6 nitrogen and oxygen atoms in total. The average molecular weight is 368 g/mol. The summed E-state index contributed by atoms with van der Waals surface area (Å²) in [6, 6.07) is -0.605. The summed E-state index contributed by atoms with van der Waals surface area (Å²) >= 11 is 0. The van der Waals surface area contributed by atoms with Gasteiger partial charge in [-0.2, -0.15) is 0 Å². The first kappa shape index (κ1) is 22.5. The third-order valence-electron chi connectivity index (χ3n) is 5.19. The summed E-state index contributed by atoms with van der Waals surface area (Å²) in [6.45, 7) is 12.8. The van der Waals surface area contributed by atoms with Gasteiger partial charge in [-0.1, -0.05) is 48.0 Å². The molecule has 0 saturated heterocycles. The molecule has 4 N–H and O–H groups in total. The van der Waals surface area contributed by atoms with E-state index >= 15 is 0 Å². The molecule has 0 aromatic rings. The molecular weight excluding hydrogens is 330 g/mol. The van der Waals surface area contributed by atoms with E-state index in [0.717, 1.165) is 12.8 Å². The van der Waals surface area contributed by atoms with Gasteiger partial charge in [0.2, 0.25) is 5.91 Å². The fourth-order valence-corrected chi connectivity index (χ4v) is 3.35. The molecule has 1 aliphatic rings. The molecule has 150 valence electrons. The molecule has 1 aliphatic carbocycles. The number of urea groups is 1. The third kappa shape index (κ3) is 6.29. The topological polar surface area (TPSA) is 101 Å². The highest BCUT2D eigenvalue weighted by atomic mass is 16.2. The van der Waals surface area contributed by atoms with Crippen molar-refractivity contribution in [2.75, 3.05) is 6.54 Å². The summed E-state index contributed by atoms with van der Waals surface area (Å²) in [7, 11) is 0. The number of Topliss-reactive ketones (excluding diaryl/α,β-unsaturated/α-hetero) is 1. The molecular formula is C20H37N3O3. The normalized spacial score (nSPS) is 17.8. The van der Waals surface area contributed by atoms with Crippen molar-refractivity contribution >= 4 is 17.7 Å². The second-order valence-corrected chi connectivity index (χ2v) is 9.92. The van der Waals surface area contributed by atoms with Crippen LogP contribution < -0.4 is 16.4 Å². The summed E-state index contributed by atoms with van der Waals surface area (Å²) in [6.07, 6.45) is 4.07. The van der Waals surface area contributed by atoms with E-state index in [0.29, 0.717) is 32.2 Å². The maximum absolute atomic E-state index is 13.1. The molecule has 1 rings (SSSR count). The minimum atomic E-state index is -0.845. The summed E-state index contributed by atoms with van der Waals surface area (Å²) in [5, 5.41) is 5.73. The molecule has 0 spiro atoms. The third-order valence-corrected chi connectivity index (χ3v) is 5.19. The standard InChI is InChI=1S/C20H37N3O3/c1-18(2,3)13-15(24)20(10-8-11-20)16(25)23-14(19(4,5)6)9-7-12-22-17(21)26/h14H,7-13H2,1-6H3,(H,23,25)(H3,21,22,26)/t14-/m0/s1. The number of primary amides is 1. The second kappa shape index (κ2) is 8.40. The minimum Gasteiger partial charge on any atom is -0.352 e. The van der Waals surface area contributed by atoms with Gasteiger partial charge in [0.15, 0.2) is 0 Å². The van der Waals surface area contributed by atoms with Gasteiger partial charge in [-0.25, -0.2) is 4.79 Å². The van der Waals surface area contributed by atoms with Crippen LogP contribution in [0.2, 0.25) is 0 Å². The fraction of sp³-hybridized carbons (Fsp3) is 0.850. The van der Waals surface area contributed by atoms with Gasteiger partial charge < -0.3 is 16.4 Å². The van der Waals surface area contributed by atoms with Crippen molar-refractivity contribution < 1.29 is 14.4 Å². The predicted molar refractivity (Wildman–Crippen MR) is 104 cm³/mol. The van der Waals surface area contributed by atoms with E-state index in [1.165, 1.54) is 0 Å². The number of hydrogen-bond acceptors (Lipinski definition) is 3. The first-order chi connectivity index (χ1) is 11.8. The molecule has 0 aromatic carbocycles. The Balaban J connectivity index is 2.77. The van der Waals surface area contributed by atoms with Crippen LogP contribution in [0.25, 0.3) is 0 Å². The summed E-state index contributed by atoms with van der Waals surface area (Å²) in [5.74, 6) is -0.0578. The predicted octanol–water partition coefficient (Wildman–Crippen LogP) is 3.14. The highest BCUT2D eigenvalue weighted by molar-refractivity contribution is 6.07. The van der Waals surface area contributed by atoms with Crippen molar-refractivity contribution in [2.45, 2.75) is 86.1 Å². The summed E-state index contributed by atoms with van der Waals surface area (Å²) in [4.78, 5) is 36.7. The molecule has 1 atom stereocenters. The zero-order valence-corrected chi connectivity index (χ0v) is 17.3. The molecule has 0 aromatic heterocycles. The van der Waals surface area contributed by atoms with E-state index in [2.05, 4.69) is 31.4 Å². The number of hydrogen-bond donors (Lipinski definition) is 3. The molecule has 0 unspecified atom stereocenters. The largest absolute Gasteiger partial charge is 0.352 e. The van der Waals surface area contributed by atoms with E-state index < -0.39 is 11.4 Å². The van der Waals surface area contributed by atoms with E-state index in [-0.39, 0.29) is 28.6 Å². The van der Waals surface area contributed by atoms with E-state index in [1.807, 2.05) is 20.8 Å². The first-order valence-corrected chi connectivity index (χ1v) is 9.65. The van der Waals surface area contributed by atoms with Crippen LogP contribution in [0.4, 0.5) is 4.79 Å². The first-order valence-electron chi connectivity index (χ1n) is 9.65. The van der Waals surface area contributed by atoms with Crippen LogP contribution in [0.3, 0.4) is 0 Å². The van der Waals surface area contributed by atoms with Crippen LogP contribution >= 0.6 is 0 Å². The molecule has 0 aliphatic heterocycles. The van der Waals surface area contributed by atoms with Gasteiger partial charge in [0.1, 0.15) is 11.2 Å². The number of rotatable bonds is 8. The number of amides is 3. The van der Waals surface area contributed by atoms with Gasteiger partial charge in [0.25, 0.3) is 0 Å². The van der Waals surface area contributed by atoms with Crippen LogP contribution in [0.15, 0.2) is 0 Å². The smallest absolute Gasteiger partial charge is 0.312 e. The number of carbonyl (C=O) groups is 3. The summed E-state index contributed by atoms with van der Waals surface area (Å²) < 4.78 is 0. The lowest BCUT2D eigenvalue weighted by atomic mass is 9.62. The zero-order chi connectivity index (χ0) is 20.2. The van der Waals surface area contributed by atoms with Crippen molar-refractivity contribution in [3.05, 3.63) is 0 Å². The number of ketones is 1. The molecule has 3 amide bonds. The fourth-order valence-electron chi connectivity index (χ4n) is 3.35. The van der Waals surface area contributed by atoms with Crippen LogP contribution in [0.1, 0.15) is 80.1 Å². The lowest BCUT2D eigenvalue weighted by Gasteiger charge is -2.42. The van der Waals surface area contributed by atoms with Crippen LogP contribution in [-0.2, 0) is 9.59 Å². The zero-order valence-electron chi connectivity index (χ0n) is 17.3. The maximum atomic E-state index is 13.1. The van der Waals surface area contributed by atoms with Crippen molar-refractivity contribution in [2.24, 2.45) is 22.0 Å². The Kier molecular flexibility index (Phi) is 7.25. The maximum Gasteiger partial charge on any atom is 0.312 e. The van der Waals surface area contributed by atoms with Gasteiger partial charge >= 0.3 is 6.03 Å². The minimum absolute atomic E-state index is 0.0652. The Hall–Kier alpha value is -1.59. The van der Waals surface area contributed by atoms with Gasteiger partial charge in [0, 0.05) is 19.0 Å². The molecule has 1 saturated carbocycles. The molecule has 6 heteroatoms. The Bertz CT molecular complexity index is 525. The molecule has 0 radical (unpaired) electrons. The van der Waals surface area contributed by atoms with Crippen LogP contribution in [0.5, 0.6) is 0 Å². The monoisotopic (exact) mass is 367 g/mol.